The molecular formula is C18H21ClN4O. The van der Waals surface area contributed by atoms with Gasteiger partial charge >= 0.3 is 0 Å². The summed E-state index contributed by atoms with van der Waals surface area (Å²) in [7, 11) is 0. The minimum absolute atomic E-state index is 0.158. The van der Waals surface area contributed by atoms with Gasteiger partial charge in [-0.15, -0.1) is 0 Å². The summed E-state index contributed by atoms with van der Waals surface area (Å²) >= 11 is 5.91. The smallest absolute Gasteiger partial charge is 0.274 e. The molecule has 3 rings (SSSR count). The number of nitrogens with zero attached hydrogens (tertiary/aromatic N) is 3. The van der Waals surface area contributed by atoms with Crippen LogP contribution in [0.5, 0.6) is 0 Å². The fraction of sp³-hybridized carbons (Fsp3) is 0.389. The van der Waals surface area contributed by atoms with E-state index in [-0.39, 0.29) is 5.56 Å². The lowest BCUT2D eigenvalue weighted by Gasteiger charge is -2.00. The maximum Gasteiger partial charge on any atom is 0.274 e. The molecule has 0 saturated carbocycles. The standard InChI is InChI=1S/C18H21ClN4O/c1-2-3-4-5-6-7-16-21-18-20-15(12-17(24)23(18)22-16)13-8-10-14(19)11-9-13/h8-12H,2-7H2,1H3,(H,20,21,22). The molecular weight excluding hydrogens is 324 g/mol. The summed E-state index contributed by atoms with van der Waals surface area (Å²) in [6.45, 7) is 2.20. The van der Waals surface area contributed by atoms with Crippen LogP contribution in [0.1, 0.15) is 44.9 Å². The molecule has 1 N–H and O–H groups in total. The minimum atomic E-state index is -0.158. The molecule has 1 aromatic carbocycles. The van der Waals surface area contributed by atoms with Gasteiger partial charge in [0.05, 0.1) is 5.69 Å². The Morgan fingerprint density at radius 1 is 1.08 bits per heavy atom. The highest BCUT2D eigenvalue weighted by Gasteiger charge is 2.09. The average molecular weight is 345 g/mol. The van der Waals surface area contributed by atoms with E-state index in [1.165, 1.54) is 36.3 Å². The maximum absolute atomic E-state index is 12.3. The average Bonchev–Trinajstić information content (AvgIpc) is 2.99. The zero-order valence-corrected chi connectivity index (χ0v) is 14.5. The fourth-order valence-electron chi connectivity index (χ4n) is 2.70. The first kappa shape index (κ1) is 16.7. The van der Waals surface area contributed by atoms with E-state index in [0.717, 1.165) is 24.2 Å². The summed E-state index contributed by atoms with van der Waals surface area (Å²) in [4.78, 5) is 21.3. The van der Waals surface area contributed by atoms with Crippen LogP contribution < -0.4 is 5.56 Å². The molecule has 0 radical (unpaired) electrons. The summed E-state index contributed by atoms with van der Waals surface area (Å²) in [6, 6.07) is 8.78. The molecule has 24 heavy (non-hydrogen) atoms. The zero-order valence-electron chi connectivity index (χ0n) is 13.8. The van der Waals surface area contributed by atoms with Gasteiger partial charge in [-0.1, -0.05) is 56.3 Å². The number of H-pyrrole nitrogens is 1. The quantitative estimate of drug-likeness (QED) is 0.652. The molecule has 0 fully saturated rings. The van der Waals surface area contributed by atoms with Gasteiger partial charge in [0.15, 0.2) is 0 Å². The van der Waals surface area contributed by atoms with Gasteiger partial charge in [-0.05, 0) is 18.6 Å². The Morgan fingerprint density at radius 3 is 2.58 bits per heavy atom. The molecule has 0 amide bonds. The van der Waals surface area contributed by atoms with Gasteiger partial charge in [0.25, 0.3) is 11.3 Å². The van der Waals surface area contributed by atoms with Crippen LogP contribution in [0.15, 0.2) is 35.1 Å². The van der Waals surface area contributed by atoms with Gasteiger partial charge in [-0.25, -0.2) is 4.98 Å². The summed E-state index contributed by atoms with van der Waals surface area (Å²) < 4.78 is 1.40. The molecule has 5 nitrogen and oxygen atoms in total. The van der Waals surface area contributed by atoms with Gasteiger partial charge in [0.1, 0.15) is 5.82 Å². The number of aryl methyl sites for hydroxylation is 1. The normalized spacial score (nSPS) is 11.2. The van der Waals surface area contributed by atoms with Gasteiger partial charge in [-0.3, -0.25) is 9.89 Å². The highest BCUT2D eigenvalue weighted by molar-refractivity contribution is 6.30. The van der Waals surface area contributed by atoms with Crippen molar-refractivity contribution in [3.8, 4) is 11.3 Å². The van der Waals surface area contributed by atoms with Crippen molar-refractivity contribution in [2.24, 2.45) is 0 Å². The second kappa shape index (κ2) is 7.62. The van der Waals surface area contributed by atoms with Crippen molar-refractivity contribution in [1.29, 1.82) is 0 Å². The van der Waals surface area contributed by atoms with E-state index in [1.54, 1.807) is 12.1 Å². The molecule has 3 aromatic rings. The first-order valence-electron chi connectivity index (χ1n) is 8.42. The van der Waals surface area contributed by atoms with E-state index >= 15 is 0 Å². The lowest BCUT2D eigenvalue weighted by atomic mass is 10.1. The number of halogens is 1. The van der Waals surface area contributed by atoms with Gasteiger partial charge < -0.3 is 0 Å². The van der Waals surface area contributed by atoms with E-state index in [1.807, 2.05) is 12.1 Å². The number of benzene rings is 1. The lowest BCUT2D eigenvalue weighted by Crippen LogP contribution is -2.14. The van der Waals surface area contributed by atoms with Crippen LogP contribution in [0.4, 0.5) is 0 Å². The van der Waals surface area contributed by atoms with E-state index in [9.17, 15) is 4.79 Å². The van der Waals surface area contributed by atoms with Crippen LogP contribution in [0.2, 0.25) is 5.02 Å². The van der Waals surface area contributed by atoms with Crippen molar-refractivity contribution < 1.29 is 0 Å². The molecule has 0 aliphatic carbocycles. The number of aromatic nitrogens is 4. The predicted molar refractivity (Wildman–Crippen MR) is 96.5 cm³/mol. The minimum Gasteiger partial charge on any atom is -0.275 e. The van der Waals surface area contributed by atoms with Crippen molar-refractivity contribution >= 4 is 17.4 Å². The molecule has 0 bridgehead atoms. The molecule has 6 heteroatoms. The van der Waals surface area contributed by atoms with Crippen LogP contribution in [0, 0.1) is 0 Å². The molecule has 2 heterocycles. The Morgan fingerprint density at radius 2 is 1.83 bits per heavy atom. The third-order valence-electron chi connectivity index (χ3n) is 4.03. The fourth-order valence-corrected chi connectivity index (χ4v) is 2.83. The largest absolute Gasteiger partial charge is 0.275 e. The molecule has 0 aliphatic rings. The Hall–Kier alpha value is -2.14. The first-order valence-corrected chi connectivity index (χ1v) is 8.80. The summed E-state index contributed by atoms with van der Waals surface area (Å²) in [5.74, 6) is 1.22. The van der Waals surface area contributed by atoms with Crippen LogP contribution in [0.3, 0.4) is 0 Å². The Balaban J connectivity index is 1.80. The van der Waals surface area contributed by atoms with E-state index < -0.39 is 0 Å². The van der Waals surface area contributed by atoms with E-state index in [2.05, 4.69) is 22.0 Å². The van der Waals surface area contributed by atoms with E-state index in [0.29, 0.717) is 16.5 Å². The number of rotatable bonds is 7. The van der Waals surface area contributed by atoms with Crippen molar-refractivity contribution in [2.75, 3.05) is 0 Å². The third kappa shape index (κ3) is 3.85. The topological polar surface area (TPSA) is 63.1 Å². The number of fused-ring (bicyclic) bond motifs is 1. The van der Waals surface area contributed by atoms with Gasteiger partial charge in [-0.2, -0.15) is 9.50 Å². The maximum atomic E-state index is 12.3. The zero-order chi connectivity index (χ0) is 16.9. The molecule has 2 aromatic heterocycles. The summed E-state index contributed by atoms with van der Waals surface area (Å²) in [5.41, 5.74) is 1.30. The number of aromatic amines is 1. The Bertz CT molecular complexity index is 867. The summed E-state index contributed by atoms with van der Waals surface area (Å²) in [6.07, 6.45) is 6.84. The monoisotopic (exact) mass is 344 g/mol. The molecule has 126 valence electrons. The van der Waals surface area contributed by atoms with Crippen LogP contribution in [-0.4, -0.2) is 19.6 Å². The van der Waals surface area contributed by atoms with Crippen molar-refractivity contribution in [2.45, 2.75) is 45.4 Å². The molecule has 0 unspecified atom stereocenters. The SMILES string of the molecule is CCCCCCCc1nc2nc(-c3ccc(Cl)cc3)cc(=O)n2[nH]1. The molecule has 0 atom stereocenters. The summed E-state index contributed by atoms with van der Waals surface area (Å²) in [5, 5.41) is 3.71. The third-order valence-corrected chi connectivity index (χ3v) is 4.29. The van der Waals surface area contributed by atoms with Gasteiger partial charge in [0, 0.05) is 23.1 Å². The number of unbranched alkanes of at least 4 members (excludes halogenated alkanes) is 4. The first-order chi connectivity index (χ1) is 11.7. The van der Waals surface area contributed by atoms with Crippen molar-refractivity contribution in [3.63, 3.8) is 0 Å². The van der Waals surface area contributed by atoms with Crippen molar-refractivity contribution in [3.05, 3.63) is 51.5 Å². The molecule has 0 spiro atoms. The van der Waals surface area contributed by atoms with Crippen LogP contribution in [0.25, 0.3) is 17.0 Å². The number of nitrogens with one attached hydrogen (secondary N) is 1. The van der Waals surface area contributed by atoms with Gasteiger partial charge in [0.2, 0.25) is 0 Å². The number of hydrogen-bond acceptors (Lipinski definition) is 3. The highest BCUT2D eigenvalue weighted by Crippen LogP contribution is 2.19. The second-order valence-corrected chi connectivity index (χ2v) is 6.39. The lowest BCUT2D eigenvalue weighted by molar-refractivity contribution is 0.622. The van der Waals surface area contributed by atoms with Crippen LogP contribution >= 0.6 is 11.6 Å². The molecule has 0 aliphatic heterocycles. The highest BCUT2D eigenvalue weighted by atomic mass is 35.5. The molecule has 0 saturated heterocycles. The predicted octanol–water partition coefficient (Wildman–Crippen LogP) is 4.25. The second-order valence-electron chi connectivity index (χ2n) is 5.96. The Kier molecular flexibility index (Phi) is 5.30. The van der Waals surface area contributed by atoms with Crippen LogP contribution in [-0.2, 0) is 6.42 Å². The van der Waals surface area contributed by atoms with E-state index in [4.69, 9.17) is 11.6 Å². The van der Waals surface area contributed by atoms with Crippen molar-refractivity contribution in [1.82, 2.24) is 19.6 Å². The Labute approximate surface area is 145 Å². The number of hydrogen-bond donors (Lipinski definition) is 1.